The molecular formula is C10H19NO2. The van der Waals surface area contributed by atoms with Crippen molar-refractivity contribution in [3.8, 4) is 0 Å². The number of rotatable bonds is 3. The summed E-state index contributed by atoms with van der Waals surface area (Å²) in [4.78, 5) is 12.9. The van der Waals surface area contributed by atoms with E-state index in [0.717, 1.165) is 19.5 Å². The topological polar surface area (TPSA) is 40.5 Å². The summed E-state index contributed by atoms with van der Waals surface area (Å²) in [6.45, 7) is 5.75. The third-order valence-corrected chi connectivity index (χ3v) is 2.58. The van der Waals surface area contributed by atoms with Crippen molar-refractivity contribution in [1.29, 1.82) is 0 Å². The van der Waals surface area contributed by atoms with Gasteiger partial charge in [0.15, 0.2) is 0 Å². The van der Waals surface area contributed by atoms with Crippen molar-refractivity contribution >= 4 is 5.91 Å². The van der Waals surface area contributed by atoms with Gasteiger partial charge in [-0.1, -0.05) is 13.8 Å². The molecule has 1 aliphatic heterocycles. The average Bonchev–Trinajstić information content (AvgIpc) is 2.50. The number of aliphatic hydroxyl groups excluding tert-OH is 1. The van der Waals surface area contributed by atoms with Crippen LogP contribution in [0.15, 0.2) is 0 Å². The second-order valence-electron chi connectivity index (χ2n) is 4.28. The molecule has 13 heavy (non-hydrogen) atoms. The largest absolute Gasteiger partial charge is 0.387 e. The molecule has 0 aromatic heterocycles. The molecule has 1 atom stereocenters. The summed E-state index contributed by atoms with van der Waals surface area (Å²) >= 11 is 0. The first kappa shape index (κ1) is 10.5. The molecule has 76 valence electrons. The third-order valence-electron chi connectivity index (χ3n) is 2.58. The molecule has 1 saturated heterocycles. The smallest absolute Gasteiger partial charge is 0.248 e. The van der Waals surface area contributed by atoms with Crippen LogP contribution in [0.25, 0.3) is 0 Å². The van der Waals surface area contributed by atoms with Gasteiger partial charge in [0, 0.05) is 13.1 Å². The van der Waals surface area contributed by atoms with Gasteiger partial charge in [-0.15, -0.1) is 0 Å². The van der Waals surface area contributed by atoms with Crippen molar-refractivity contribution in [3.63, 3.8) is 0 Å². The monoisotopic (exact) mass is 185 g/mol. The molecule has 3 heteroatoms. The van der Waals surface area contributed by atoms with Crippen LogP contribution in [0.4, 0.5) is 0 Å². The van der Waals surface area contributed by atoms with Gasteiger partial charge in [0.25, 0.3) is 0 Å². The number of likely N-dealkylation sites (tertiary alicyclic amines) is 1. The Morgan fingerprint density at radius 3 is 2.85 bits per heavy atom. The van der Waals surface area contributed by atoms with Crippen LogP contribution >= 0.6 is 0 Å². The highest BCUT2D eigenvalue weighted by atomic mass is 16.3. The van der Waals surface area contributed by atoms with Crippen LogP contribution in [0.1, 0.15) is 26.7 Å². The summed E-state index contributed by atoms with van der Waals surface area (Å²) in [6.07, 6.45) is 2.29. The number of hydrogen-bond donors (Lipinski definition) is 1. The molecule has 1 rings (SSSR count). The summed E-state index contributed by atoms with van der Waals surface area (Å²) in [6, 6.07) is 0. The number of amides is 1. The predicted octanol–water partition coefficient (Wildman–Crippen LogP) is 0.873. The fraction of sp³-hybridized carbons (Fsp3) is 0.900. The summed E-state index contributed by atoms with van der Waals surface area (Å²) in [5.74, 6) is 1.23. The van der Waals surface area contributed by atoms with Gasteiger partial charge in [0.1, 0.15) is 6.61 Å². The Morgan fingerprint density at radius 2 is 2.31 bits per heavy atom. The van der Waals surface area contributed by atoms with Gasteiger partial charge < -0.3 is 10.0 Å². The average molecular weight is 185 g/mol. The third kappa shape index (κ3) is 2.99. The molecule has 1 aliphatic rings. The maximum atomic E-state index is 11.1. The first-order valence-corrected chi connectivity index (χ1v) is 5.02. The van der Waals surface area contributed by atoms with Gasteiger partial charge in [-0.3, -0.25) is 4.79 Å². The molecule has 3 nitrogen and oxygen atoms in total. The van der Waals surface area contributed by atoms with E-state index in [1.165, 1.54) is 6.42 Å². The molecule has 1 N–H and O–H groups in total. The van der Waals surface area contributed by atoms with Crippen LogP contribution in [-0.2, 0) is 4.79 Å². The minimum atomic E-state index is -0.339. The van der Waals surface area contributed by atoms with Crippen molar-refractivity contribution in [3.05, 3.63) is 0 Å². The maximum Gasteiger partial charge on any atom is 0.248 e. The van der Waals surface area contributed by atoms with E-state index in [9.17, 15) is 4.79 Å². The van der Waals surface area contributed by atoms with E-state index in [1.807, 2.05) is 0 Å². The maximum absolute atomic E-state index is 11.1. The molecule has 1 heterocycles. The van der Waals surface area contributed by atoms with Crippen molar-refractivity contribution in [2.24, 2.45) is 11.8 Å². The molecule has 0 aliphatic carbocycles. The normalized spacial score (nSPS) is 22.8. The van der Waals surface area contributed by atoms with Crippen LogP contribution in [0.5, 0.6) is 0 Å². The van der Waals surface area contributed by atoms with Crippen molar-refractivity contribution in [2.45, 2.75) is 26.7 Å². The molecule has 1 fully saturated rings. The van der Waals surface area contributed by atoms with Gasteiger partial charge in [-0.25, -0.2) is 0 Å². The molecule has 0 aromatic rings. The van der Waals surface area contributed by atoms with Crippen LogP contribution < -0.4 is 0 Å². The highest BCUT2D eigenvalue weighted by Gasteiger charge is 2.25. The summed E-state index contributed by atoms with van der Waals surface area (Å²) in [5, 5.41) is 8.67. The Labute approximate surface area is 79.7 Å². The van der Waals surface area contributed by atoms with Crippen LogP contribution in [0.3, 0.4) is 0 Å². The fourth-order valence-electron chi connectivity index (χ4n) is 2.02. The van der Waals surface area contributed by atoms with Gasteiger partial charge in [-0.05, 0) is 24.7 Å². The van der Waals surface area contributed by atoms with E-state index < -0.39 is 0 Å². The minimum absolute atomic E-state index is 0.119. The molecule has 0 saturated carbocycles. The SMILES string of the molecule is CC(C)C[C@@H]1CCN(C(=O)CO)C1. The Bertz CT molecular complexity index is 180. The second kappa shape index (κ2) is 4.61. The van der Waals surface area contributed by atoms with E-state index in [-0.39, 0.29) is 12.5 Å². The summed E-state index contributed by atoms with van der Waals surface area (Å²) in [5.41, 5.74) is 0. The van der Waals surface area contributed by atoms with Gasteiger partial charge in [0.05, 0.1) is 0 Å². The number of aliphatic hydroxyl groups is 1. The zero-order valence-corrected chi connectivity index (χ0v) is 8.49. The lowest BCUT2D eigenvalue weighted by Gasteiger charge is -2.15. The first-order valence-electron chi connectivity index (χ1n) is 5.02. The molecule has 0 bridgehead atoms. The van der Waals surface area contributed by atoms with E-state index >= 15 is 0 Å². The Morgan fingerprint density at radius 1 is 1.62 bits per heavy atom. The minimum Gasteiger partial charge on any atom is -0.387 e. The van der Waals surface area contributed by atoms with Gasteiger partial charge in [0.2, 0.25) is 5.91 Å². The van der Waals surface area contributed by atoms with Crippen LogP contribution in [-0.4, -0.2) is 35.6 Å². The van der Waals surface area contributed by atoms with Gasteiger partial charge >= 0.3 is 0 Å². The Kier molecular flexibility index (Phi) is 3.72. The highest BCUT2D eigenvalue weighted by Crippen LogP contribution is 2.22. The number of carbonyl (C=O) groups excluding carboxylic acids is 1. The molecule has 0 radical (unpaired) electrons. The molecule has 0 spiro atoms. The van der Waals surface area contributed by atoms with Crippen molar-refractivity contribution in [1.82, 2.24) is 4.90 Å². The highest BCUT2D eigenvalue weighted by molar-refractivity contribution is 5.77. The number of nitrogens with zero attached hydrogens (tertiary/aromatic N) is 1. The van der Waals surface area contributed by atoms with Crippen LogP contribution in [0, 0.1) is 11.8 Å². The van der Waals surface area contributed by atoms with Crippen molar-refractivity contribution < 1.29 is 9.90 Å². The van der Waals surface area contributed by atoms with E-state index in [0.29, 0.717) is 11.8 Å². The van der Waals surface area contributed by atoms with E-state index in [4.69, 9.17) is 5.11 Å². The Balaban J connectivity index is 2.32. The van der Waals surface area contributed by atoms with Crippen molar-refractivity contribution in [2.75, 3.05) is 19.7 Å². The molecule has 0 aromatic carbocycles. The lowest BCUT2D eigenvalue weighted by atomic mass is 9.97. The quantitative estimate of drug-likeness (QED) is 0.709. The van der Waals surface area contributed by atoms with Crippen LogP contribution in [0.2, 0.25) is 0 Å². The number of carbonyl (C=O) groups is 1. The second-order valence-corrected chi connectivity index (χ2v) is 4.28. The lowest BCUT2D eigenvalue weighted by molar-refractivity contribution is -0.133. The van der Waals surface area contributed by atoms with E-state index in [2.05, 4.69) is 13.8 Å². The zero-order chi connectivity index (χ0) is 9.84. The molecular weight excluding hydrogens is 166 g/mol. The Hall–Kier alpha value is -0.570. The standard InChI is InChI=1S/C10H19NO2/c1-8(2)5-9-3-4-11(6-9)10(13)7-12/h8-9,12H,3-7H2,1-2H3/t9-/m0/s1. The molecule has 0 unspecified atom stereocenters. The van der Waals surface area contributed by atoms with Gasteiger partial charge in [-0.2, -0.15) is 0 Å². The fourth-order valence-corrected chi connectivity index (χ4v) is 2.02. The predicted molar refractivity (Wildman–Crippen MR) is 51.2 cm³/mol. The first-order chi connectivity index (χ1) is 6.13. The van der Waals surface area contributed by atoms with E-state index in [1.54, 1.807) is 4.90 Å². The lowest BCUT2D eigenvalue weighted by Crippen LogP contribution is -2.31. The zero-order valence-electron chi connectivity index (χ0n) is 8.49. The summed E-state index contributed by atoms with van der Waals surface area (Å²) in [7, 11) is 0. The molecule has 1 amide bonds. The number of hydrogen-bond acceptors (Lipinski definition) is 2. The summed E-state index contributed by atoms with van der Waals surface area (Å²) < 4.78 is 0.